The van der Waals surface area contributed by atoms with Gasteiger partial charge in [0.05, 0.1) is 34.3 Å². The average molecular weight is 441 g/mol. The Morgan fingerprint density at radius 1 is 1.09 bits per heavy atom. The standard InChI is InChI=1S/C22H16FN9O/c1-11(28-19-16(10-25)18(26)30-22(27)31-19)20-29-17-6-5-13(23)8-15(17)21(33)32(20)14-4-2-3-12(7-14)9-24/h2-8,11H,1H3,(H5,26,27,28,30,31)/t11-/m0/s1. The number of rotatable bonds is 4. The van der Waals surface area contributed by atoms with Crippen molar-refractivity contribution in [3.8, 4) is 17.8 Å². The monoisotopic (exact) mass is 441 g/mol. The van der Waals surface area contributed by atoms with Crippen molar-refractivity contribution in [1.82, 2.24) is 19.5 Å². The number of nitrogens with two attached hydrogens (primary N) is 2. The van der Waals surface area contributed by atoms with E-state index in [0.29, 0.717) is 11.3 Å². The predicted molar refractivity (Wildman–Crippen MR) is 120 cm³/mol. The van der Waals surface area contributed by atoms with Gasteiger partial charge in [-0.15, -0.1) is 0 Å². The first-order chi connectivity index (χ1) is 15.8. The van der Waals surface area contributed by atoms with Gasteiger partial charge in [0.2, 0.25) is 5.95 Å². The molecule has 0 fully saturated rings. The number of nitrogens with one attached hydrogen (secondary N) is 1. The van der Waals surface area contributed by atoms with E-state index < -0.39 is 17.4 Å². The van der Waals surface area contributed by atoms with Gasteiger partial charge in [-0.3, -0.25) is 9.36 Å². The van der Waals surface area contributed by atoms with Crippen LogP contribution in [0.5, 0.6) is 0 Å². The first-order valence-electron chi connectivity index (χ1n) is 9.64. The van der Waals surface area contributed by atoms with Gasteiger partial charge in [0.25, 0.3) is 5.56 Å². The van der Waals surface area contributed by atoms with E-state index in [0.717, 1.165) is 6.07 Å². The van der Waals surface area contributed by atoms with Crippen LogP contribution in [0, 0.1) is 28.5 Å². The highest BCUT2D eigenvalue weighted by Crippen LogP contribution is 2.25. The molecule has 2 aromatic carbocycles. The third-order valence-electron chi connectivity index (χ3n) is 4.90. The fourth-order valence-electron chi connectivity index (χ4n) is 3.41. The Bertz CT molecular complexity index is 1550. The van der Waals surface area contributed by atoms with Gasteiger partial charge >= 0.3 is 0 Å². The fourth-order valence-corrected chi connectivity index (χ4v) is 3.41. The number of nitrogen functional groups attached to an aromatic ring is 2. The maximum absolute atomic E-state index is 13.9. The number of hydrogen-bond donors (Lipinski definition) is 3. The average Bonchev–Trinajstić information content (AvgIpc) is 2.79. The molecule has 10 nitrogen and oxygen atoms in total. The number of benzene rings is 2. The number of fused-ring (bicyclic) bond motifs is 1. The van der Waals surface area contributed by atoms with E-state index in [-0.39, 0.29) is 39.9 Å². The minimum absolute atomic E-state index is 0.0146. The van der Waals surface area contributed by atoms with Crippen LogP contribution in [0.2, 0.25) is 0 Å². The molecule has 0 aliphatic rings. The summed E-state index contributed by atoms with van der Waals surface area (Å²) in [5.74, 6) is -0.513. The van der Waals surface area contributed by atoms with Crippen LogP contribution < -0.4 is 22.3 Å². The molecule has 0 radical (unpaired) electrons. The summed E-state index contributed by atoms with van der Waals surface area (Å²) in [5, 5.41) is 21.8. The quantitative estimate of drug-likeness (QED) is 0.430. The van der Waals surface area contributed by atoms with Crippen LogP contribution in [0.1, 0.15) is 29.9 Å². The Morgan fingerprint density at radius 3 is 2.61 bits per heavy atom. The summed E-state index contributed by atoms with van der Waals surface area (Å²) >= 11 is 0. The van der Waals surface area contributed by atoms with Crippen LogP contribution in [0.4, 0.5) is 22.0 Å². The molecule has 4 aromatic rings. The third-order valence-corrected chi connectivity index (χ3v) is 4.90. The first-order valence-corrected chi connectivity index (χ1v) is 9.64. The van der Waals surface area contributed by atoms with Gasteiger partial charge in [-0.25, -0.2) is 9.37 Å². The summed E-state index contributed by atoms with van der Waals surface area (Å²) < 4.78 is 15.2. The molecule has 4 rings (SSSR count). The van der Waals surface area contributed by atoms with Gasteiger partial charge in [-0.05, 0) is 43.3 Å². The molecule has 0 saturated carbocycles. The Labute approximate surface area is 186 Å². The van der Waals surface area contributed by atoms with Crippen LogP contribution >= 0.6 is 0 Å². The molecule has 1 atom stereocenters. The zero-order valence-electron chi connectivity index (χ0n) is 17.2. The van der Waals surface area contributed by atoms with Crippen molar-refractivity contribution >= 4 is 28.5 Å². The Hall–Kier alpha value is -5.03. The van der Waals surface area contributed by atoms with Crippen LogP contribution in [-0.2, 0) is 0 Å². The van der Waals surface area contributed by atoms with Crippen LogP contribution in [0.25, 0.3) is 16.6 Å². The van der Waals surface area contributed by atoms with Crippen LogP contribution in [-0.4, -0.2) is 19.5 Å². The summed E-state index contributed by atoms with van der Waals surface area (Å²) in [6, 6.07) is 13.3. The van der Waals surface area contributed by atoms with Crippen molar-refractivity contribution in [2.75, 3.05) is 16.8 Å². The van der Waals surface area contributed by atoms with Crippen molar-refractivity contribution in [3.63, 3.8) is 0 Å². The number of anilines is 3. The van der Waals surface area contributed by atoms with E-state index in [1.54, 1.807) is 25.1 Å². The van der Waals surface area contributed by atoms with Gasteiger partial charge in [-0.1, -0.05) is 6.07 Å². The third kappa shape index (κ3) is 3.86. The lowest BCUT2D eigenvalue weighted by Gasteiger charge is -2.21. The van der Waals surface area contributed by atoms with E-state index in [9.17, 15) is 19.7 Å². The lowest BCUT2D eigenvalue weighted by atomic mass is 10.1. The van der Waals surface area contributed by atoms with Crippen molar-refractivity contribution in [2.24, 2.45) is 0 Å². The molecule has 33 heavy (non-hydrogen) atoms. The second-order valence-corrected chi connectivity index (χ2v) is 7.10. The minimum Gasteiger partial charge on any atom is -0.382 e. The minimum atomic E-state index is -0.696. The molecule has 0 saturated heterocycles. The topological polar surface area (TPSA) is 172 Å². The zero-order valence-corrected chi connectivity index (χ0v) is 17.2. The van der Waals surface area contributed by atoms with Crippen molar-refractivity contribution < 1.29 is 4.39 Å². The molecule has 162 valence electrons. The largest absolute Gasteiger partial charge is 0.382 e. The van der Waals surface area contributed by atoms with Crippen LogP contribution in [0.15, 0.2) is 47.3 Å². The number of aromatic nitrogens is 4. The first kappa shape index (κ1) is 21.2. The predicted octanol–water partition coefficient (Wildman–Crippen LogP) is 2.40. The summed E-state index contributed by atoms with van der Waals surface area (Å²) in [7, 11) is 0. The van der Waals surface area contributed by atoms with Gasteiger partial charge in [0, 0.05) is 0 Å². The van der Waals surface area contributed by atoms with Gasteiger partial charge < -0.3 is 16.8 Å². The molecule has 0 aliphatic heterocycles. The zero-order chi connectivity index (χ0) is 23.7. The normalized spacial score (nSPS) is 11.5. The summed E-state index contributed by atoms with van der Waals surface area (Å²) in [4.78, 5) is 25.8. The summed E-state index contributed by atoms with van der Waals surface area (Å²) in [6.45, 7) is 1.69. The molecule has 11 heteroatoms. The van der Waals surface area contributed by atoms with E-state index in [2.05, 4.69) is 20.3 Å². The molecule has 0 bridgehead atoms. The SMILES string of the molecule is C[C@H](Nc1nc(N)nc(N)c1C#N)c1nc2ccc(F)cc2c(=O)n1-c1cccc(C#N)c1. The molecule has 2 aromatic heterocycles. The maximum atomic E-state index is 13.9. The fraction of sp³-hybridized carbons (Fsp3) is 0.0909. The molecule has 0 unspecified atom stereocenters. The molecular formula is C22H16FN9O. The number of hydrogen-bond acceptors (Lipinski definition) is 9. The highest BCUT2D eigenvalue weighted by Gasteiger charge is 2.21. The molecule has 5 N–H and O–H groups in total. The molecular weight excluding hydrogens is 425 g/mol. The smallest absolute Gasteiger partial charge is 0.266 e. The summed E-state index contributed by atoms with van der Waals surface area (Å²) in [6.07, 6.45) is 0. The van der Waals surface area contributed by atoms with Crippen molar-refractivity contribution in [2.45, 2.75) is 13.0 Å². The highest BCUT2D eigenvalue weighted by atomic mass is 19.1. The Balaban J connectivity index is 1.95. The van der Waals surface area contributed by atoms with E-state index >= 15 is 0 Å². The van der Waals surface area contributed by atoms with E-state index in [1.807, 2.05) is 12.1 Å². The number of halogens is 1. The number of nitrogens with zero attached hydrogens (tertiary/aromatic N) is 6. The van der Waals surface area contributed by atoms with Crippen LogP contribution in [0.3, 0.4) is 0 Å². The second-order valence-electron chi connectivity index (χ2n) is 7.10. The number of nitriles is 2. The lowest BCUT2D eigenvalue weighted by molar-refractivity contribution is 0.629. The maximum Gasteiger partial charge on any atom is 0.266 e. The van der Waals surface area contributed by atoms with Crippen molar-refractivity contribution in [3.05, 3.63) is 75.6 Å². The molecule has 0 amide bonds. The van der Waals surface area contributed by atoms with E-state index in [4.69, 9.17) is 11.5 Å². The molecule has 0 aliphatic carbocycles. The molecule has 2 heterocycles. The van der Waals surface area contributed by atoms with Crippen molar-refractivity contribution in [1.29, 1.82) is 10.5 Å². The second kappa shape index (κ2) is 8.24. The summed E-state index contributed by atoms with van der Waals surface area (Å²) in [5.41, 5.74) is 11.9. The lowest BCUT2D eigenvalue weighted by Crippen LogP contribution is -2.28. The Morgan fingerprint density at radius 2 is 1.88 bits per heavy atom. The van der Waals surface area contributed by atoms with Gasteiger partial charge in [0.1, 0.15) is 29.1 Å². The van der Waals surface area contributed by atoms with Gasteiger partial charge in [0.15, 0.2) is 5.82 Å². The van der Waals surface area contributed by atoms with E-state index in [1.165, 1.54) is 22.8 Å². The van der Waals surface area contributed by atoms with Gasteiger partial charge in [-0.2, -0.15) is 20.5 Å². The Kier molecular flexibility index (Phi) is 5.30. The highest BCUT2D eigenvalue weighted by molar-refractivity contribution is 5.78. The molecule has 0 spiro atoms.